The second-order valence-electron chi connectivity index (χ2n) is 6.93. The highest BCUT2D eigenvalue weighted by Crippen LogP contribution is 2.46. The van der Waals surface area contributed by atoms with Crippen LogP contribution in [0, 0.1) is 12.8 Å². The van der Waals surface area contributed by atoms with Crippen molar-refractivity contribution in [3.63, 3.8) is 0 Å². The van der Waals surface area contributed by atoms with E-state index in [4.69, 9.17) is 0 Å². The van der Waals surface area contributed by atoms with Crippen molar-refractivity contribution in [2.45, 2.75) is 38.0 Å². The van der Waals surface area contributed by atoms with Crippen molar-refractivity contribution in [1.29, 1.82) is 0 Å². The van der Waals surface area contributed by atoms with Crippen molar-refractivity contribution >= 4 is 27.3 Å². The SMILES string of the molecule is Cc1ccc(S(=O)(=O)N2c3ccccc3N(C(=O)C(F)(F)F)C2C(C)C)cc1. The van der Waals surface area contributed by atoms with E-state index in [1.165, 1.54) is 36.4 Å². The average molecular weight is 412 g/mol. The molecule has 1 aliphatic rings. The first-order valence-electron chi connectivity index (χ1n) is 8.57. The van der Waals surface area contributed by atoms with Crippen LogP contribution >= 0.6 is 0 Å². The molecule has 150 valence electrons. The monoisotopic (exact) mass is 412 g/mol. The molecular formula is C19H19F3N2O3S. The van der Waals surface area contributed by atoms with Gasteiger partial charge in [0.25, 0.3) is 10.0 Å². The minimum absolute atomic E-state index is 0.0411. The number of anilines is 2. The van der Waals surface area contributed by atoms with E-state index in [1.54, 1.807) is 32.9 Å². The molecule has 9 heteroatoms. The maximum Gasteiger partial charge on any atom is 0.471 e. The summed E-state index contributed by atoms with van der Waals surface area (Å²) in [5, 5.41) is 0. The number of rotatable bonds is 3. The van der Waals surface area contributed by atoms with Gasteiger partial charge in [-0.3, -0.25) is 9.69 Å². The molecule has 3 rings (SSSR count). The van der Waals surface area contributed by atoms with E-state index in [9.17, 15) is 26.4 Å². The van der Waals surface area contributed by atoms with Gasteiger partial charge in [-0.15, -0.1) is 0 Å². The summed E-state index contributed by atoms with van der Waals surface area (Å²) in [5.41, 5.74) is 0.800. The lowest BCUT2D eigenvalue weighted by Crippen LogP contribution is -2.54. The molecule has 0 spiro atoms. The maximum atomic E-state index is 13.3. The molecule has 0 saturated heterocycles. The van der Waals surface area contributed by atoms with Crippen molar-refractivity contribution in [3.8, 4) is 0 Å². The lowest BCUT2D eigenvalue weighted by Gasteiger charge is -2.34. The molecule has 2 aromatic rings. The van der Waals surface area contributed by atoms with Crippen LogP contribution in [0.1, 0.15) is 19.4 Å². The van der Waals surface area contributed by atoms with Crippen molar-refractivity contribution in [2.24, 2.45) is 5.92 Å². The van der Waals surface area contributed by atoms with Crippen LogP contribution in [0.3, 0.4) is 0 Å². The Bertz CT molecular complexity index is 1000. The Labute approximate surface area is 161 Å². The number of hydrogen-bond acceptors (Lipinski definition) is 3. The predicted octanol–water partition coefficient (Wildman–Crippen LogP) is 4.08. The highest BCUT2D eigenvalue weighted by atomic mass is 32.2. The number of halogens is 3. The summed E-state index contributed by atoms with van der Waals surface area (Å²) in [6.45, 7) is 4.94. The Balaban J connectivity index is 2.23. The quantitative estimate of drug-likeness (QED) is 0.763. The Morgan fingerprint density at radius 3 is 2.04 bits per heavy atom. The molecule has 0 aromatic heterocycles. The number of benzene rings is 2. The van der Waals surface area contributed by atoms with Gasteiger partial charge >= 0.3 is 12.1 Å². The summed E-state index contributed by atoms with van der Waals surface area (Å²) in [7, 11) is -4.20. The normalized spacial score (nSPS) is 17.2. The zero-order valence-corrected chi connectivity index (χ0v) is 16.3. The Hall–Kier alpha value is -2.55. The van der Waals surface area contributed by atoms with Crippen LogP contribution in [-0.2, 0) is 14.8 Å². The van der Waals surface area contributed by atoms with Crippen LogP contribution in [0.2, 0.25) is 0 Å². The van der Waals surface area contributed by atoms with E-state index in [0.29, 0.717) is 4.90 Å². The second kappa shape index (κ2) is 6.80. The molecule has 2 aromatic carbocycles. The number of alkyl halides is 3. The summed E-state index contributed by atoms with van der Waals surface area (Å²) in [6.07, 6.45) is -6.47. The third kappa shape index (κ3) is 3.23. The van der Waals surface area contributed by atoms with Gasteiger partial charge in [-0.2, -0.15) is 13.2 Å². The van der Waals surface area contributed by atoms with E-state index < -0.39 is 34.2 Å². The highest BCUT2D eigenvalue weighted by Gasteiger charge is 2.53. The molecule has 0 saturated carbocycles. The van der Waals surface area contributed by atoms with Gasteiger partial charge < -0.3 is 0 Å². The van der Waals surface area contributed by atoms with E-state index in [1.807, 2.05) is 0 Å². The number of hydrogen-bond donors (Lipinski definition) is 0. The van der Waals surface area contributed by atoms with Crippen molar-refractivity contribution in [2.75, 3.05) is 9.21 Å². The lowest BCUT2D eigenvalue weighted by molar-refractivity contribution is -0.171. The molecule has 1 aliphatic heterocycles. The minimum atomic E-state index is -5.14. The molecule has 0 N–H and O–H groups in total. The molecule has 0 radical (unpaired) electrons. The van der Waals surface area contributed by atoms with Crippen LogP contribution in [0.25, 0.3) is 0 Å². The third-order valence-corrected chi connectivity index (χ3v) is 6.32. The first-order valence-corrected chi connectivity index (χ1v) is 10.0. The van der Waals surface area contributed by atoms with Gasteiger partial charge in [0.1, 0.15) is 6.17 Å². The fourth-order valence-electron chi connectivity index (χ4n) is 3.27. The lowest BCUT2D eigenvalue weighted by atomic mass is 10.1. The smallest absolute Gasteiger partial charge is 0.280 e. The number of nitrogens with zero attached hydrogens (tertiary/aromatic N) is 2. The number of amides is 1. The number of carbonyl (C=O) groups is 1. The van der Waals surface area contributed by atoms with E-state index in [-0.39, 0.29) is 16.3 Å². The van der Waals surface area contributed by atoms with Gasteiger partial charge in [0.2, 0.25) is 0 Å². The fourth-order valence-corrected chi connectivity index (χ4v) is 5.02. The summed E-state index contributed by atoms with van der Waals surface area (Å²) in [6, 6.07) is 11.7. The van der Waals surface area contributed by atoms with Gasteiger partial charge in [-0.1, -0.05) is 43.7 Å². The number of sulfonamides is 1. The molecule has 28 heavy (non-hydrogen) atoms. The molecule has 5 nitrogen and oxygen atoms in total. The predicted molar refractivity (Wildman–Crippen MR) is 99.5 cm³/mol. The summed E-state index contributed by atoms with van der Waals surface area (Å²) < 4.78 is 67.4. The molecule has 0 fully saturated rings. The molecule has 0 bridgehead atoms. The summed E-state index contributed by atoms with van der Waals surface area (Å²) >= 11 is 0. The standard InChI is InChI=1S/C19H19F3N2O3S/c1-12(2)17-23(18(25)19(20,21)22)15-6-4-5-7-16(15)24(17)28(26,27)14-10-8-13(3)9-11-14/h4-12,17H,1-3H3. The number of aryl methyl sites for hydroxylation is 1. The largest absolute Gasteiger partial charge is 0.471 e. The summed E-state index contributed by atoms with van der Waals surface area (Å²) in [5.74, 6) is -2.70. The Morgan fingerprint density at radius 1 is 1.00 bits per heavy atom. The zero-order valence-electron chi connectivity index (χ0n) is 15.4. The minimum Gasteiger partial charge on any atom is -0.280 e. The number of fused-ring (bicyclic) bond motifs is 1. The van der Waals surface area contributed by atoms with Gasteiger partial charge in [-0.05, 0) is 37.1 Å². The van der Waals surface area contributed by atoms with Crippen molar-refractivity contribution in [1.82, 2.24) is 0 Å². The molecule has 0 aliphatic carbocycles. The van der Waals surface area contributed by atoms with Crippen LogP contribution in [-0.4, -0.2) is 26.7 Å². The van der Waals surface area contributed by atoms with Gasteiger partial charge in [0, 0.05) is 0 Å². The van der Waals surface area contributed by atoms with Gasteiger partial charge in [0.05, 0.1) is 16.3 Å². The molecule has 1 amide bonds. The third-order valence-electron chi connectivity index (χ3n) is 4.52. The molecule has 1 atom stereocenters. The first-order chi connectivity index (χ1) is 13.0. The Kier molecular flexibility index (Phi) is 4.91. The maximum absolute atomic E-state index is 13.3. The molecule has 1 unspecified atom stereocenters. The Morgan fingerprint density at radius 2 is 1.54 bits per heavy atom. The van der Waals surface area contributed by atoms with Crippen LogP contribution < -0.4 is 9.21 Å². The van der Waals surface area contributed by atoms with Crippen molar-refractivity contribution < 1.29 is 26.4 Å². The van der Waals surface area contributed by atoms with Crippen molar-refractivity contribution in [3.05, 3.63) is 54.1 Å². The van der Waals surface area contributed by atoms with Gasteiger partial charge in [-0.25, -0.2) is 12.7 Å². The van der Waals surface area contributed by atoms with Gasteiger partial charge in [0.15, 0.2) is 0 Å². The topological polar surface area (TPSA) is 57.7 Å². The summed E-state index contributed by atoms with van der Waals surface area (Å²) in [4.78, 5) is 12.7. The molecular weight excluding hydrogens is 393 g/mol. The number of carbonyl (C=O) groups excluding carboxylic acids is 1. The fraction of sp³-hybridized carbons (Fsp3) is 0.316. The average Bonchev–Trinajstić information content (AvgIpc) is 2.96. The van der Waals surface area contributed by atoms with Crippen LogP contribution in [0.15, 0.2) is 53.4 Å². The van der Waals surface area contributed by atoms with Crippen LogP contribution in [0.5, 0.6) is 0 Å². The second-order valence-corrected chi connectivity index (χ2v) is 8.75. The molecule has 1 heterocycles. The van der Waals surface area contributed by atoms with E-state index in [0.717, 1.165) is 9.87 Å². The zero-order chi connectivity index (χ0) is 20.9. The highest BCUT2D eigenvalue weighted by molar-refractivity contribution is 7.93. The number of para-hydroxylation sites is 2. The van der Waals surface area contributed by atoms with Crippen LogP contribution in [0.4, 0.5) is 24.5 Å². The first kappa shape index (κ1) is 20.2. The van der Waals surface area contributed by atoms with E-state index in [2.05, 4.69) is 0 Å². The van der Waals surface area contributed by atoms with E-state index >= 15 is 0 Å².